The summed E-state index contributed by atoms with van der Waals surface area (Å²) in [6.45, 7) is 0. The highest BCUT2D eigenvalue weighted by Gasteiger charge is 2.16. The molecule has 0 aliphatic rings. The number of nitrogen functional groups attached to an aromatic ring is 1. The van der Waals surface area contributed by atoms with Gasteiger partial charge in [-0.25, -0.2) is 4.68 Å². The average Bonchev–Trinajstić information content (AvgIpc) is 3.03. The molecule has 0 saturated heterocycles. The summed E-state index contributed by atoms with van der Waals surface area (Å²) in [6.07, 6.45) is 1.41. The molecule has 0 aliphatic heterocycles. The van der Waals surface area contributed by atoms with Gasteiger partial charge >= 0.3 is 0 Å². The van der Waals surface area contributed by atoms with Crippen LogP contribution in [-0.2, 0) is 0 Å². The summed E-state index contributed by atoms with van der Waals surface area (Å²) < 4.78 is 1.50. The van der Waals surface area contributed by atoms with E-state index in [1.54, 1.807) is 0 Å². The van der Waals surface area contributed by atoms with Crippen molar-refractivity contribution in [2.75, 3.05) is 11.1 Å². The van der Waals surface area contributed by atoms with Crippen molar-refractivity contribution in [3.05, 3.63) is 72.4 Å². The summed E-state index contributed by atoms with van der Waals surface area (Å²) in [5, 5.41) is 7.36. The normalized spacial score (nSPS) is 10.1. The predicted molar refractivity (Wildman–Crippen MR) is 101 cm³/mol. The Morgan fingerprint density at radius 1 is 1.00 bits per heavy atom. The molecule has 2 aromatic carbocycles. The number of anilines is 2. The predicted octanol–water partition coefficient (Wildman–Crippen LogP) is 2.09. The Morgan fingerprint density at radius 2 is 1.64 bits per heavy atom. The minimum Gasteiger partial charge on any atom is -0.383 e. The summed E-state index contributed by atoms with van der Waals surface area (Å²) >= 11 is 5.13. The Morgan fingerprint density at radius 3 is 2.32 bits per heavy atom. The number of thiocarbonyl (C=S) groups is 1. The first-order valence-corrected chi connectivity index (χ1v) is 7.87. The van der Waals surface area contributed by atoms with Crippen LogP contribution in [-0.4, -0.2) is 20.8 Å². The van der Waals surface area contributed by atoms with Crippen molar-refractivity contribution < 1.29 is 4.79 Å². The maximum absolute atomic E-state index is 12.3. The number of para-hydroxylation sites is 2. The van der Waals surface area contributed by atoms with Gasteiger partial charge in [-0.05, 0) is 36.5 Å². The first kappa shape index (κ1) is 16.5. The molecule has 0 saturated carbocycles. The highest BCUT2D eigenvalue weighted by Crippen LogP contribution is 2.16. The van der Waals surface area contributed by atoms with E-state index in [-0.39, 0.29) is 16.5 Å². The molecule has 1 aromatic heterocycles. The fourth-order valence-electron chi connectivity index (χ4n) is 2.17. The molecule has 0 aliphatic carbocycles. The van der Waals surface area contributed by atoms with Gasteiger partial charge in [0.15, 0.2) is 5.11 Å². The standard InChI is InChI=1S/C17H16N6OS/c18-15-14(11-19-23(15)13-9-5-2-6-10-13)16(24)21-22-17(25)20-12-7-3-1-4-8-12/h1-11H,18H2,(H,21,24)(H2,20,22,25). The van der Waals surface area contributed by atoms with Crippen LogP contribution in [0, 0.1) is 0 Å². The number of nitrogens with zero attached hydrogens (tertiary/aromatic N) is 2. The van der Waals surface area contributed by atoms with Crippen LogP contribution in [0.5, 0.6) is 0 Å². The minimum atomic E-state index is -0.433. The molecule has 3 rings (SSSR count). The third-order valence-corrected chi connectivity index (χ3v) is 3.58. The van der Waals surface area contributed by atoms with Gasteiger partial charge in [0.05, 0.1) is 11.9 Å². The van der Waals surface area contributed by atoms with Crippen LogP contribution >= 0.6 is 12.2 Å². The van der Waals surface area contributed by atoms with E-state index in [2.05, 4.69) is 21.3 Å². The van der Waals surface area contributed by atoms with Crippen LogP contribution in [0.15, 0.2) is 66.9 Å². The lowest BCUT2D eigenvalue weighted by Gasteiger charge is -2.11. The van der Waals surface area contributed by atoms with Crippen LogP contribution < -0.4 is 21.9 Å². The lowest BCUT2D eigenvalue weighted by atomic mass is 10.3. The van der Waals surface area contributed by atoms with Crippen LogP contribution in [0.2, 0.25) is 0 Å². The zero-order valence-corrected chi connectivity index (χ0v) is 14.0. The second kappa shape index (κ2) is 7.45. The van der Waals surface area contributed by atoms with E-state index in [9.17, 15) is 4.79 Å². The van der Waals surface area contributed by atoms with Crippen molar-refractivity contribution in [1.29, 1.82) is 0 Å². The number of rotatable bonds is 3. The quantitative estimate of drug-likeness (QED) is 0.426. The van der Waals surface area contributed by atoms with Gasteiger partial charge in [0.25, 0.3) is 5.91 Å². The average molecular weight is 352 g/mol. The number of aromatic nitrogens is 2. The van der Waals surface area contributed by atoms with Gasteiger partial charge in [0.1, 0.15) is 11.4 Å². The summed E-state index contributed by atoms with van der Waals surface area (Å²) in [5.74, 6) is -0.190. The summed E-state index contributed by atoms with van der Waals surface area (Å²) in [6, 6.07) is 18.7. The molecule has 0 bridgehead atoms. The SMILES string of the molecule is Nc1c(C(=O)NNC(=S)Nc2ccccc2)cnn1-c1ccccc1. The van der Waals surface area contributed by atoms with Gasteiger partial charge in [0, 0.05) is 5.69 Å². The van der Waals surface area contributed by atoms with Crippen LogP contribution in [0.4, 0.5) is 11.5 Å². The van der Waals surface area contributed by atoms with Crippen molar-refractivity contribution in [3.8, 4) is 5.69 Å². The molecule has 1 heterocycles. The summed E-state index contributed by atoms with van der Waals surface area (Å²) in [7, 11) is 0. The molecule has 0 unspecified atom stereocenters. The molecule has 25 heavy (non-hydrogen) atoms. The summed E-state index contributed by atoms with van der Waals surface area (Å²) in [5.41, 5.74) is 13.0. The minimum absolute atomic E-state index is 0.243. The second-order valence-corrected chi connectivity index (χ2v) is 5.50. The maximum Gasteiger partial charge on any atom is 0.275 e. The van der Waals surface area contributed by atoms with Crippen molar-refractivity contribution >= 4 is 34.7 Å². The van der Waals surface area contributed by atoms with E-state index in [0.717, 1.165) is 11.4 Å². The van der Waals surface area contributed by atoms with E-state index in [1.165, 1.54) is 10.9 Å². The lowest BCUT2D eigenvalue weighted by Crippen LogP contribution is -2.43. The third kappa shape index (κ3) is 3.93. The molecule has 126 valence electrons. The molecular weight excluding hydrogens is 336 g/mol. The van der Waals surface area contributed by atoms with E-state index in [4.69, 9.17) is 18.0 Å². The molecule has 1 amide bonds. The van der Waals surface area contributed by atoms with Crippen LogP contribution in [0.25, 0.3) is 5.69 Å². The Bertz CT molecular complexity index is 879. The van der Waals surface area contributed by atoms with E-state index < -0.39 is 5.91 Å². The first-order chi connectivity index (χ1) is 12.1. The number of nitrogens with one attached hydrogen (secondary N) is 3. The highest BCUT2D eigenvalue weighted by molar-refractivity contribution is 7.80. The molecule has 0 fully saturated rings. The summed E-state index contributed by atoms with van der Waals surface area (Å²) in [4.78, 5) is 12.3. The van der Waals surface area contributed by atoms with Crippen LogP contribution in [0.1, 0.15) is 10.4 Å². The maximum atomic E-state index is 12.3. The molecule has 3 aromatic rings. The smallest absolute Gasteiger partial charge is 0.275 e. The van der Waals surface area contributed by atoms with Crippen LogP contribution in [0.3, 0.4) is 0 Å². The van der Waals surface area contributed by atoms with Crippen molar-refractivity contribution in [3.63, 3.8) is 0 Å². The molecule has 0 atom stereocenters. The largest absolute Gasteiger partial charge is 0.383 e. The molecule has 0 radical (unpaired) electrons. The molecular formula is C17H16N6OS. The van der Waals surface area contributed by atoms with Crippen molar-refractivity contribution in [2.24, 2.45) is 0 Å². The van der Waals surface area contributed by atoms with E-state index >= 15 is 0 Å². The van der Waals surface area contributed by atoms with Gasteiger partial charge in [0.2, 0.25) is 0 Å². The number of hydrogen-bond acceptors (Lipinski definition) is 4. The fraction of sp³-hybridized carbons (Fsp3) is 0. The Balaban J connectivity index is 1.62. The number of carbonyl (C=O) groups excluding carboxylic acids is 1. The Kier molecular flexibility index (Phi) is 4.91. The second-order valence-electron chi connectivity index (χ2n) is 5.09. The fourth-order valence-corrected chi connectivity index (χ4v) is 2.34. The first-order valence-electron chi connectivity index (χ1n) is 7.46. The number of hydrogen-bond donors (Lipinski definition) is 4. The van der Waals surface area contributed by atoms with Gasteiger partial charge in [-0.15, -0.1) is 0 Å². The van der Waals surface area contributed by atoms with Gasteiger partial charge in [-0.1, -0.05) is 36.4 Å². The van der Waals surface area contributed by atoms with Gasteiger partial charge < -0.3 is 11.1 Å². The lowest BCUT2D eigenvalue weighted by molar-refractivity contribution is 0.0945. The van der Waals surface area contributed by atoms with Gasteiger partial charge in [-0.3, -0.25) is 15.6 Å². The number of nitrogens with two attached hydrogens (primary N) is 1. The van der Waals surface area contributed by atoms with Crippen molar-refractivity contribution in [1.82, 2.24) is 20.6 Å². The number of carbonyl (C=O) groups is 1. The molecule has 0 spiro atoms. The topological polar surface area (TPSA) is 97.0 Å². The Hall–Kier alpha value is -3.39. The zero-order valence-electron chi connectivity index (χ0n) is 13.1. The van der Waals surface area contributed by atoms with E-state index in [1.807, 2.05) is 60.7 Å². The number of benzene rings is 2. The van der Waals surface area contributed by atoms with Crippen molar-refractivity contribution in [2.45, 2.75) is 0 Å². The van der Waals surface area contributed by atoms with E-state index in [0.29, 0.717) is 0 Å². The third-order valence-electron chi connectivity index (χ3n) is 3.37. The van der Waals surface area contributed by atoms with Gasteiger partial charge in [-0.2, -0.15) is 5.10 Å². The highest BCUT2D eigenvalue weighted by atomic mass is 32.1. The molecule has 7 nitrogen and oxygen atoms in total. The Labute approximate surface area is 149 Å². The zero-order chi connectivity index (χ0) is 17.6. The number of amides is 1. The monoisotopic (exact) mass is 352 g/mol. The number of hydrazine groups is 1. The molecule has 5 N–H and O–H groups in total. The molecule has 8 heteroatoms.